The Bertz CT molecular complexity index is 443. The van der Waals surface area contributed by atoms with Gasteiger partial charge in [-0.05, 0) is 24.5 Å². The lowest BCUT2D eigenvalue weighted by atomic mass is 10.0. The fraction of sp³-hybridized carbons (Fsp3) is 0.600. The standard InChI is InChI=1S/C15H25O5P/c1-2-3-4-5-6-7-8-11-14-12-9-10-13-15(14)19-20-21(16,17)18/h9-10,12-13H,2-8,11H2,1H3,(H2,16,17,18). The van der Waals surface area contributed by atoms with Crippen LogP contribution in [0.5, 0.6) is 5.75 Å². The highest BCUT2D eigenvalue weighted by Crippen LogP contribution is 2.37. The van der Waals surface area contributed by atoms with E-state index in [1.165, 1.54) is 32.1 Å². The molecule has 1 aromatic rings. The van der Waals surface area contributed by atoms with Gasteiger partial charge in [0.1, 0.15) is 0 Å². The molecule has 0 aliphatic rings. The van der Waals surface area contributed by atoms with Gasteiger partial charge in [-0.15, -0.1) is 0 Å². The third kappa shape index (κ3) is 8.89. The number of phosphoric acid groups is 1. The lowest BCUT2D eigenvalue weighted by molar-refractivity contribution is -0.123. The summed E-state index contributed by atoms with van der Waals surface area (Å²) < 4.78 is 14.7. The number of unbranched alkanes of at least 4 members (excludes halogenated alkanes) is 6. The van der Waals surface area contributed by atoms with Gasteiger partial charge in [0, 0.05) is 0 Å². The van der Waals surface area contributed by atoms with Crippen LogP contribution in [-0.2, 0) is 15.7 Å². The zero-order valence-electron chi connectivity index (χ0n) is 12.5. The van der Waals surface area contributed by atoms with Crippen LogP contribution in [-0.4, -0.2) is 9.79 Å². The topological polar surface area (TPSA) is 76.0 Å². The van der Waals surface area contributed by atoms with E-state index in [4.69, 9.17) is 14.7 Å². The molecule has 120 valence electrons. The predicted octanol–water partition coefficient (Wildman–Crippen LogP) is 4.38. The monoisotopic (exact) mass is 316 g/mol. The van der Waals surface area contributed by atoms with E-state index in [-0.39, 0.29) is 0 Å². The molecule has 0 spiro atoms. The molecule has 0 aliphatic carbocycles. The molecule has 0 fully saturated rings. The first-order valence-electron chi connectivity index (χ1n) is 7.52. The summed E-state index contributed by atoms with van der Waals surface area (Å²) in [5.41, 5.74) is 0.902. The molecule has 0 aromatic heterocycles. The number of para-hydroxylation sites is 1. The van der Waals surface area contributed by atoms with E-state index in [0.29, 0.717) is 5.75 Å². The van der Waals surface area contributed by atoms with E-state index >= 15 is 0 Å². The molecular formula is C15H25O5P. The number of aryl methyl sites for hydroxylation is 1. The number of benzene rings is 1. The summed E-state index contributed by atoms with van der Waals surface area (Å²) in [7, 11) is -4.62. The summed E-state index contributed by atoms with van der Waals surface area (Å²) >= 11 is 0. The van der Waals surface area contributed by atoms with Crippen LogP contribution in [0.2, 0.25) is 0 Å². The molecule has 0 heterocycles. The summed E-state index contributed by atoms with van der Waals surface area (Å²) in [6.07, 6.45) is 9.34. The van der Waals surface area contributed by atoms with Crippen molar-refractivity contribution in [1.82, 2.24) is 0 Å². The highest BCUT2D eigenvalue weighted by atomic mass is 31.2. The number of hydrogen-bond acceptors (Lipinski definition) is 3. The molecule has 1 rings (SSSR count). The van der Waals surface area contributed by atoms with E-state index < -0.39 is 7.82 Å². The van der Waals surface area contributed by atoms with Crippen molar-refractivity contribution < 1.29 is 23.9 Å². The zero-order chi connectivity index (χ0) is 15.6. The van der Waals surface area contributed by atoms with Gasteiger partial charge >= 0.3 is 7.82 Å². The summed E-state index contributed by atoms with van der Waals surface area (Å²) in [5.74, 6) is 0.367. The minimum absolute atomic E-state index is 0.367. The largest absolute Gasteiger partial charge is 0.505 e. The van der Waals surface area contributed by atoms with Gasteiger partial charge in [0.25, 0.3) is 0 Å². The van der Waals surface area contributed by atoms with Crippen molar-refractivity contribution >= 4 is 7.82 Å². The molecule has 0 saturated carbocycles. The van der Waals surface area contributed by atoms with Crippen LogP contribution in [0.25, 0.3) is 0 Å². The summed E-state index contributed by atoms with van der Waals surface area (Å²) in [6.45, 7) is 2.20. The van der Waals surface area contributed by atoms with Crippen molar-refractivity contribution in [3.63, 3.8) is 0 Å². The van der Waals surface area contributed by atoms with Crippen LogP contribution in [0.4, 0.5) is 0 Å². The Balaban J connectivity index is 2.32. The van der Waals surface area contributed by atoms with Gasteiger partial charge in [-0.2, -0.15) is 0 Å². The van der Waals surface area contributed by atoms with Crippen LogP contribution < -0.4 is 4.89 Å². The van der Waals surface area contributed by atoms with Crippen molar-refractivity contribution in [2.24, 2.45) is 0 Å². The van der Waals surface area contributed by atoms with E-state index in [1.54, 1.807) is 12.1 Å². The van der Waals surface area contributed by atoms with Gasteiger partial charge < -0.3 is 14.7 Å². The van der Waals surface area contributed by atoms with Crippen molar-refractivity contribution in [3.05, 3.63) is 29.8 Å². The first kappa shape index (κ1) is 18.2. The lowest BCUT2D eigenvalue weighted by Crippen LogP contribution is -1.98. The highest BCUT2D eigenvalue weighted by Gasteiger charge is 2.17. The van der Waals surface area contributed by atoms with Gasteiger partial charge in [-0.25, -0.2) is 4.57 Å². The fourth-order valence-electron chi connectivity index (χ4n) is 2.15. The molecule has 5 nitrogen and oxygen atoms in total. The molecule has 0 atom stereocenters. The molecule has 21 heavy (non-hydrogen) atoms. The molecule has 0 aliphatic heterocycles. The summed E-state index contributed by atoms with van der Waals surface area (Å²) in [4.78, 5) is 22.0. The predicted molar refractivity (Wildman–Crippen MR) is 81.9 cm³/mol. The second-order valence-corrected chi connectivity index (χ2v) is 6.26. The van der Waals surface area contributed by atoms with Crippen LogP contribution in [0, 0.1) is 0 Å². The van der Waals surface area contributed by atoms with Crippen molar-refractivity contribution in [1.29, 1.82) is 0 Å². The van der Waals surface area contributed by atoms with E-state index in [1.807, 2.05) is 12.1 Å². The maximum atomic E-state index is 10.6. The molecule has 0 unspecified atom stereocenters. The first-order chi connectivity index (χ1) is 10.0. The normalized spacial score (nSPS) is 11.6. The minimum atomic E-state index is -4.62. The van der Waals surface area contributed by atoms with Gasteiger partial charge in [-0.3, -0.25) is 0 Å². The fourth-order valence-corrected chi connectivity index (χ4v) is 2.33. The Hall–Kier alpha value is -0.870. The minimum Gasteiger partial charge on any atom is -0.327 e. The Labute approximate surface area is 126 Å². The van der Waals surface area contributed by atoms with E-state index in [9.17, 15) is 4.57 Å². The molecule has 0 bridgehead atoms. The maximum absolute atomic E-state index is 10.6. The van der Waals surface area contributed by atoms with E-state index in [2.05, 4.69) is 11.6 Å². The van der Waals surface area contributed by atoms with Crippen molar-refractivity contribution in [2.75, 3.05) is 0 Å². The van der Waals surface area contributed by atoms with E-state index in [0.717, 1.165) is 24.8 Å². The number of rotatable bonds is 11. The van der Waals surface area contributed by atoms with Gasteiger partial charge in [0.2, 0.25) is 0 Å². The van der Waals surface area contributed by atoms with Crippen LogP contribution >= 0.6 is 7.82 Å². The Morgan fingerprint density at radius 3 is 2.29 bits per heavy atom. The van der Waals surface area contributed by atoms with Gasteiger partial charge in [0.05, 0.1) is 0 Å². The van der Waals surface area contributed by atoms with Crippen LogP contribution in [0.15, 0.2) is 24.3 Å². The second kappa shape index (κ2) is 9.96. The summed E-state index contributed by atoms with van der Waals surface area (Å²) in [5, 5.41) is 0. The Kier molecular flexibility index (Phi) is 8.62. The quantitative estimate of drug-likeness (QED) is 0.274. The molecule has 6 heteroatoms. The second-order valence-electron chi connectivity index (χ2n) is 5.13. The summed E-state index contributed by atoms with van der Waals surface area (Å²) in [6, 6.07) is 7.15. The Morgan fingerprint density at radius 1 is 1.00 bits per heavy atom. The molecule has 1 aromatic carbocycles. The molecule has 2 N–H and O–H groups in total. The van der Waals surface area contributed by atoms with Crippen LogP contribution in [0.3, 0.4) is 0 Å². The zero-order valence-corrected chi connectivity index (χ0v) is 13.4. The molecule has 0 amide bonds. The average Bonchev–Trinajstić information content (AvgIpc) is 2.44. The van der Waals surface area contributed by atoms with Gasteiger partial charge in [-0.1, -0.05) is 68.3 Å². The number of hydrogen-bond donors (Lipinski definition) is 2. The average molecular weight is 316 g/mol. The third-order valence-electron chi connectivity index (χ3n) is 3.25. The highest BCUT2D eigenvalue weighted by molar-refractivity contribution is 7.46. The third-order valence-corrected chi connectivity index (χ3v) is 3.52. The molecule has 0 radical (unpaired) electrons. The van der Waals surface area contributed by atoms with Crippen LogP contribution in [0.1, 0.15) is 57.4 Å². The smallest absolute Gasteiger partial charge is 0.327 e. The van der Waals surface area contributed by atoms with Gasteiger partial charge in [0.15, 0.2) is 5.75 Å². The van der Waals surface area contributed by atoms with Crippen molar-refractivity contribution in [3.8, 4) is 5.75 Å². The lowest BCUT2D eigenvalue weighted by Gasteiger charge is -2.10. The first-order valence-corrected chi connectivity index (χ1v) is 9.05. The maximum Gasteiger partial charge on any atom is 0.505 e. The molecular weight excluding hydrogens is 291 g/mol. The molecule has 0 saturated heterocycles. The van der Waals surface area contributed by atoms with Crippen molar-refractivity contribution in [2.45, 2.75) is 58.3 Å². The SMILES string of the molecule is CCCCCCCCCc1ccccc1OOP(=O)(O)O. The Morgan fingerprint density at radius 2 is 1.62 bits per heavy atom.